The van der Waals surface area contributed by atoms with E-state index in [2.05, 4.69) is 10.2 Å². The maximum atomic E-state index is 12.3. The first-order chi connectivity index (χ1) is 13.2. The highest BCUT2D eigenvalue weighted by molar-refractivity contribution is 5.85. The average Bonchev–Trinajstić information content (AvgIpc) is 2.73. The van der Waals surface area contributed by atoms with Crippen LogP contribution in [0.5, 0.6) is 0 Å². The number of aliphatic hydroxyl groups excluding tert-OH is 1. The zero-order valence-electron chi connectivity index (χ0n) is 15.7. The Morgan fingerprint density at radius 1 is 1.07 bits per heavy atom. The lowest BCUT2D eigenvalue weighted by Crippen LogP contribution is -2.45. The number of hydrogen-bond acceptors (Lipinski definition) is 5. The smallest absolute Gasteiger partial charge is 0.407 e. The summed E-state index contributed by atoms with van der Waals surface area (Å²) in [5.74, 6) is 0. The van der Waals surface area contributed by atoms with Crippen LogP contribution in [0.2, 0.25) is 0 Å². The molecule has 0 radical (unpaired) electrons. The van der Waals surface area contributed by atoms with Crippen LogP contribution in [0.1, 0.15) is 17.2 Å². The number of aliphatic hydroxyl groups is 1. The Hall–Kier alpha value is -2.12. The van der Waals surface area contributed by atoms with E-state index in [0.29, 0.717) is 26.3 Å². The predicted octanol–water partition coefficient (Wildman–Crippen LogP) is 2.77. The van der Waals surface area contributed by atoms with Crippen LogP contribution < -0.4 is 5.32 Å². The van der Waals surface area contributed by atoms with Gasteiger partial charge in [-0.2, -0.15) is 0 Å². The minimum Gasteiger partial charge on any atom is -0.442 e. The lowest BCUT2D eigenvalue weighted by Gasteiger charge is -2.32. The van der Waals surface area contributed by atoms with E-state index in [1.54, 1.807) is 0 Å². The number of carbonyl (C=O) groups excluding carboxylic acids is 1. The molecule has 2 N–H and O–H groups in total. The van der Waals surface area contributed by atoms with E-state index in [0.717, 1.165) is 24.2 Å². The maximum Gasteiger partial charge on any atom is 0.407 e. The number of rotatable bonds is 7. The average molecular weight is 407 g/mol. The van der Waals surface area contributed by atoms with Gasteiger partial charge >= 0.3 is 6.09 Å². The fourth-order valence-corrected chi connectivity index (χ4v) is 3.05. The maximum absolute atomic E-state index is 12.3. The first-order valence-corrected chi connectivity index (χ1v) is 9.24. The van der Waals surface area contributed by atoms with Crippen LogP contribution in [-0.4, -0.2) is 55.1 Å². The van der Waals surface area contributed by atoms with Gasteiger partial charge in [-0.3, -0.25) is 4.90 Å². The number of nitrogens with zero attached hydrogens (tertiary/aromatic N) is 1. The molecular weight excluding hydrogens is 380 g/mol. The van der Waals surface area contributed by atoms with Gasteiger partial charge in [0.15, 0.2) is 0 Å². The van der Waals surface area contributed by atoms with E-state index in [9.17, 15) is 9.90 Å². The number of morpholine rings is 1. The van der Waals surface area contributed by atoms with E-state index in [-0.39, 0.29) is 12.4 Å². The number of carbonyl (C=O) groups is 1. The van der Waals surface area contributed by atoms with Crippen molar-refractivity contribution in [3.8, 4) is 0 Å². The molecule has 0 aliphatic carbocycles. The van der Waals surface area contributed by atoms with E-state index in [1.807, 2.05) is 60.7 Å². The molecule has 3 rings (SSSR count). The van der Waals surface area contributed by atoms with Crippen molar-refractivity contribution in [2.75, 3.05) is 32.8 Å². The Bertz CT molecular complexity index is 696. The highest BCUT2D eigenvalue weighted by Gasteiger charge is 2.28. The zero-order chi connectivity index (χ0) is 18.9. The summed E-state index contributed by atoms with van der Waals surface area (Å²) < 4.78 is 11.0. The van der Waals surface area contributed by atoms with E-state index >= 15 is 0 Å². The molecule has 6 nitrogen and oxygen atoms in total. The first kappa shape index (κ1) is 22.2. The molecular formula is C21H27ClN2O4. The summed E-state index contributed by atoms with van der Waals surface area (Å²) in [7, 11) is 0. The standard InChI is InChI=1S/C21H26N2O4.ClH/c24-20(18-9-5-2-6-10-18)19(16-23-11-13-26-14-12-23)27-21(25)22-15-17-7-3-1-4-8-17;/h1-10,19-20,24H,11-16H2,(H,22,25);1H. The van der Waals surface area contributed by atoms with Crippen LogP contribution in [0.4, 0.5) is 4.79 Å². The summed E-state index contributed by atoms with van der Waals surface area (Å²) in [6, 6.07) is 18.9. The van der Waals surface area contributed by atoms with Crippen LogP contribution in [0.25, 0.3) is 0 Å². The second-order valence-corrected chi connectivity index (χ2v) is 6.55. The molecule has 2 aromatic rings. The molecule has 152 valence electrons. The van der Waals surface area contributed by atoms with Gasteiger partial charge in [0.05, 0.1) is 13.2 Å². The molecule has 0 saturated carbocycles. The number of nitrogens with one attached hydrogen (secondary N) is 1. The number of alkyl carbamates (subject to hydrolysis) is 1. The van der Waals surface area contributed by atoms with Gasteiger partial charge < -0.3 is 19.9 Å². The second kappa shape index (κ2) is 11.7. The van der Waals surface area contributed by atoms with Crippen LogP contribution in [0.15, 0.2) is 60.7 Å². The predicted molar refractivity (Wildman–Crippen MR) is 109 cm³/mol. The second-order valence-electron chi connectivity index (χ2n) is 6.55. The Kier molecular flexibility index (Phi) is 9.23. The van der Waals surface area contributed by atoms with E-state index < -0.39 is 18.3 Å². The lowest BCUT2D eigenvalue weighted by molar-refractivity contribution is -0.0370. The number of halogens is 1. The fourth-order valence-electron chi connectivity index (χ4n) is 3.05. The van der Waals surface area contributed by atoms with Crippen molar-refractivity contribution in [2.45, 2.75) is 18.8 Å². The van der Waals surface area contributed by atoms with Gasteiger partial charge in [-0.1, -0.05) is 60.7 Å². The van der Waals surface area contributed by atoms with Crippen LogP contribution >= 0.6 is 12.4 Å². The van der Waals surface area contributed by atoms with Crippen molar-refractivity contribution in [3.05, 3.63) is 71.8 Å². The highest BCUT2D eigenvalue weighted by atomic mass is 35.5. The first-order valence-electron chi connectivity index (χ1n) is 9.24. The molecule has 7 heteroatoms. The number of amides is 1. The lowest BCUT2D eigenvalue weighted by atomic mass is 10.0. The topological polar surface area (TPSA) is 71.0 Å². The van der Waals surface area contributed by atoms with Gasteiger partial charge in [-0.05, 0) is 11.1 Å². The normalized spacial score (nSPS) is 16.5. The summed E-state index contributed by atoms with van der Waals surface area (Å²) in [5, 5.41) is 13.5. The summed E-state index contributed by atoms with van der Waals surface area (Å²) in [6.07, 6.45) is -2.09. The van der Waals surface area contributed by atoms with Crippen molar-refractivity contribution in [3.63, 3.8) is 0 Å². The molecule has 28 heavy (non-hydrogen) atoms. The van der Waals surface area contributed by atoms with Crippen LogP contribution in [-0.2, 0) is 16.0 Å². The van der Waals surface area contributed by atoms with Crippen molar-refractivity contribution >= 4 is 18.5 Å². The number of hydrogen-bond donors (Lipinski definition) is 2. The third-order valence-corrected chi connectivity index (χ3v) is 4.57. The molecule has 1 saturated heterocycles. The molecule has 2 unspecified atom stereocenters. The number of benzene rings is 2. The van der Waals surface area contributed by atoms with E-state index in [1.165, 1.54) is 0 Å². The molecule has 0 spiro atoms. The largest absolute Gasteiger partial charge is 0.442 e. The number of ether oxygens (including phenoxy) is 2. The third kappa shape index (κ3) is 6.80. The molecule has 1 heterocycles. The molecule has 1 amide bonds. The van der Waals surface area contributed by atoms with Crippen molar-refractivity contribution < 1.29 is 19.4 Å². The minimum absolute atomic E-state index is 0. The minimum atomic E-state index is -0.892. The van der Waals surface area contributed by atoms with Crippen molar-refractivity contribution in [1.82, 2.24) is 10.2 Å². The molecule has 2 atom stereocenters. The zero-order valence-corrected chi connectivity index (χ0v) is 16.5. The van der Waals surface area contributed by atoms with Gasteiger partial charge in [-0.15, -0.1) is 12.4 Å². The SMILES string of the molecule is Cl.O=C(NCc1ccccc1)OC(CN1CCOCC1)C(O)c1ccccc1. The Morgan fingerprint density at radius 2 is 1.68 bits per heavy atom. The molecule has 1 aliphatic rings. The summed E-state index contributed by atoms with van der Waals surface area (Å²) in [6.45, 7) is 3.65. The Morgan fingerprint density at radius 3 is 2.32 bits per heavy atom. The molecule has 1 aliphatic heterocycles. The van der Waals surface area contributed by atoms with Crippen LogP contribution in [0, 0.1) is 0 Å². The monoisotopic (exact) mass is 406 g/mol. The summed E-state index contributed by atoms with van der Waals surface area (Å²) >= 11 is 0. The highest BCUT2D eigenvalue weighted by Crippen LogP contribution is 2.20. The van der Waals surface area contributed by atoms with Crippen molar-refractivity contribution in [1.29, 1.82) is 0 Å². The van der Waals surface area contributed by atoms with Gasteiger partial charge in [0.2, 0.25) is 0 Å². The summed E-state index contributed by atoms with van der Waals surface area (Å²) in [4.78, 5) is 14.5. The fraction of sp³-hybridized carbons (Fsp3) is 0.381. The van der Waals surface area contributed by atoms with Crippen LogP contribution in [0.3, 0.4) is 0 Å². The molecule has 0 aromatic heterocycles. The van der Waals surface area contributed by atoms with Gasteiger partial charge in [-0.25, -0.2) is 4.79 Å². The Balaban J connectivity index is 0.00000280. The van der Waals surface area contributed by atoms with Crippen molar-refractivity contribution in [2.24, 2.45) is 0 Å². The quantitative estimate of drug-likeness (QED) is 0.739. The summed E-state index contributed by atoms with van der Waals surface area (Å²) in [5.41, 5.74) is 1.72. The van der Waals surface area contributed by atoms with Gasteiger partial charge in [0.1, 0.15) is 12.2 Å². The third-order valence-electron chi connectivity index (χ3n) is 4.57. The molecule has 0 bridgehead atoms. The Labute approximate surface area is 171 Å². The van der Waals surface area contributed by atoms with Gasteiger partial charge in [0.25, 0.3) is 0 Å². The van der Waals surface area contributed by atoms with E-state index in [4.69, 9.17) is 9.47 Å². The molecule has 2 aromatic carbocycles. The molecule has 1 fully saturated rings. The van der Waals surface area contributed by atoms with Gasteiger partial charge in [0, 0.05) is 26.2 Å².